The molecule has 7 aromatic carbocycles. The maximum absolute atomic E-state index is 15.7. The van der Waals surface area contributed by atoms with Crippen molar-refractivity contribution in [3.05, 3.63) is 267 Å². The number of hydrogen-bond acceptors (Lipinski definition) is 6. The normalized spacial score (nSPS) is 10.9. The molecule has 0 N–H and O–H groups in total. The highest BCUT2D eigenvalue weighted by molar-refractivity contribution is 9.11. The molecule has 72 heavy (non-hydrogen) atoms. The van der Waals surface area contributed by atoms with Gasteiger partial charge in [-0.15, -0.1) is 0 Å². The summed E-state index contributed by atoms with van der Waals surface area (Å²) in [5, 5.41) is 0. The topological polar surface area (TPSA) is 99.6 Å². The summed E-state index contributed by atoms with van der Waals surface area (Å²) in [6.45, 7) is 0. The summed E-state index contributed by atoms with van der Waals surface area (Å²) in [5.74, 6) is -1.47. The van der Waals surface area contributed by atoms with Crippen LogP contribution >= 0.6 is 47.8 Å². The molecule has 0 spiro atoms. The minimum atomic E-state index is -0.490. The maximum Gasteiger partial charge on any atom is 0.262 e. The fraction of sp³-hybridized carbons (Fsp3) is 0. The largest absolute Gasteiger partial charge is 0.276 e. The summed E-state index contributed by atoms with van der Waals surface area (Å²) < 4.78 is 1.86. The van der Waals surface area contributed by atoms with E-state index in [2.05, 4.69) is 62.7 Å². The second-order valence-electron chi connectivity index (χ2n) is 16.4. The number of anilines is 6. The highest BCUT2D eigenvalue weighted by atomic mass is 79.9. The zero-order valence-corrected chi connectivity index (χ0v) is 42.8. The molecule has 0 radical (unpaired) electrons. The van der Waals surface area contributed by atoms with Gasteiger partial charge in [0, 0.05) is 82.5 Å². The van der Waals surface area contributed by atoms with Crippen LogP contribution in [0.2, 0.25) is 0 Å². The van der Waals surface area contributed by atoms with E-state index in [-0.39, 0.29) is 16.7 Å². The first-order valence-electron chi connectivity index (χ1n) is 22.7. The van der Waals surface area contributed by atoms with Crippen LogP contribution in [0.3, 0.4) is 0 Å². The van der Waals surface area contributed by atoms with E-state index in [0.717, 1.165) is 33.8 Å². The van der Waals surface area contributed by atoms with Gasteiger partial charge in [0.1, 0.15) is 0 Å². The summed E-state index contributed by atoms with van der Waals surface area (Å²) in [7, 11) is 0. The van der Waals surface area contributed by atoms with Gasteiger partial charge in [-0.2, -0.15) is 0 Å². The Balaban J connectivity index is 1.15. The van der Waals surface area contributed by atoms with Crippen molar-refractivity contribution < 1.29 is 14.4 Å². The van der Waals surface area contributed by atoms with Crippen molar-refractivity contribution in [1.82, 2.24) is 15.0 Å². The van der Waals surface area contributed by atoms with E-state index in [1.807, 2.05) is 200 Å². The average molecular weight is 1130 g/mol. The fourth-order valence-corrected chi connectivity index (χ4v) is 10.0. The highest BCUT2D eigenvalue weighted by Gasteiger charge is 2.30. The Bertz CT molecular complexity index is 3190. The van der Waals surface area contributed by atoms with Gasteiger partial charge in [0.2, 0.25) is 0 Å². The lowest BCUT2D eigenvalue weighted by molar-refractivity contribution is 0.0998. The molecule has 3 amide bonds. The predicted octanol–water partition coefficient (Wildman–Crippen LogP) is 16.1. The Hall–Kier alpha value is -8.16. The van der Waals surface area contributed by atoms with E-state index < -0.39 is 17.7 Å². The first-order valence-corrected chi connectivity index (χ1v) is 25.1. The Morgan fingerprint density at radius 3 is 0.806 bits per heavy atom. The molecule has 0 atom stereocenters. The molecule has 10 aromatic rings. The van der Waals surface area contributed by atoms with Crippen LogP contribution in [0.5, 0.6) is 0 Å². The molecule has 3 heterocycles. The van der Waals surface area contributed by atoms with Gasteiger partial charge in [-0.25, -0.2) is 0 Å². The van der Waals surface area contributed by atoms with E-state index in [0.29, 0.717) is 47.5 Å². The lowest BCUT2D eigenvalue weighted by Gasteiger charge is -2.28. The number of halogens is 3. The molecule has 348 valence electrons. The second kappa shape index (κ2) is 21.5. The second-order valence-corrected chi connectivity index (χ2v) is 18.9. The van der Waals surface area contributed by atoms with E-state index in [1.165, 1.54) is 0 Å². The molecule has 0 aliphatic rings. The lowest BCUT2D eigenvalue weighted by Crippen LogP contribution is -2.31. The van der Waals surface area contributed by atoms with Crippen molar-refractivity contribution in [3.63, 3.8) is 0 Å². The Morgan fingerprint density at radius 2 is 0.569 bits per heavy atom. The summed E-state index contributed by atoms with van der Waals surface area (Å²) in [6.07, 6.45) is 5.19. The van der Waals surface area contributed by atoms with Crippen LogP contribution in [-0.2, 0) is 0 Å². The summed E-state index contributed by atoms with van der Waals surface area (Å²) in [4.78, 5) is 65.4. The van der Waals surface area contributed by atoms with E-state index >= 15 is 14.4 Å². The number of benzene rings is 7. The molecule has 0 fully saturated rings. The van der Waals surface area contributed by atoms with Gasteiger partial charge in [-0.05, 0) is 175 Å². The average Bonchev–Trinajstić information content (AvgIpc) is 3.43. The zero-order chi connectivity index (χ0) is 49.6. The number of para-hydroxylation sites is 3. The third-order valence-corrected chi connectivity index (χ3v) is 13.7. The van der Waals surface area contributed by atoms with Crippen LogP contribution in [0.1, 0.15) is 31.1 Å². The molecule has 3 aromatic heterocycles. The molecule has 12 heteroatoms. The van der Waals surface area contributed by atoms with Gasteiger partial charge >= 0.3 is 0 Å². The van der Waals surface area contributed by atoms with Crippen molar-refractivity contribution in [2.24, 2.45) is 0 Å². The van der Waals surface area contributed by atoms with Crippen molar-refractivity contribution in [3.8, 4) is 33.8 Å². The molecule has 0 aliphatic carbocycles. The molecule has 10 rings (SSSR count). The number of hydrogen-bond donors (Lipinski definition) is 0. The quantitative estimate of drug-likeness (QED) is 0.121. The summed E-state index contributed by atoms with van der Waals surface area (Å²) in [5.41, 5.74) is 8.33. The summed E-state index contributed by atoms with van der Waals surface area (Å²) in [6, 6.07) is 66.5. The molecular weight excluding hydrogens is 1090 g/mol. The number of aromatic nitrogens is 3. The Morgan fingerprint density at radius 1 is 0.306 bits per heavy atom. The lowest BCUT2D eigenvalue weighted by atomic mass is 10.0. The zero-order valence-electron chi connectivity index (χ0n) is 38.1. The Kier molecular flexibility index (Phi) is 14.2. The monoisotopic (exact) mass is 1130 g/mol. The van der Waals surface area contributed by atoms with Crippen LogP contribution in [0.25, 0.3) is 33.8 Å². The Labute approximate surface area is 441 Å². The van der Waals surface area contributed by atoms with Crippen molar-refractivity contribution in [2.75, 3.05) is 14.7 Å². The van der Waals surface area contributed by atoms with Gasteiger partial charge < -0.3 is 0 Å². The van der Waals surface area contributed by atoms with Crippen molar-refractivity contribution in [1.29, 1.82) is 0 Å². The van der Waals surface area contributed by atoms with Crippen LogP contribution in [0.15, 0.2) is 250 Å². The minimum Gasteiger partial charge on any atom is -0.276 e. The number of carbonyl (C=O) groups excluding carboxylic acids is 3. The van der Waals surface area contributed by atoms with Gasteiger partial charge in [0.15, 0.2) is 0 Å². The van der Waals surface area contributed by atoms with Gasteiger partial charge in [-0.3, -0.25) is 44.0 Å². The van der Waals surface area contributed by atoms with Gasteiger partial charge in [0.25, 0.3) is 17.7 Å². The molecule has 0 aliphatic heterocycles. The molecule has 0 saturated heterocycles. The third kappa shape index (κ3) is 10.1. The molecule has 9 nitrogen and oxygen atoms in total. The van der Waals surface area contributed by atoms with Crippen molar-refractivity contribution in [2.45, 2.75) is 0 Å². The van der Waals surface area contributed by atoms with Crippen LogP contribution < -0.4 is 14.7 Å². The molecular formula is C60H39Br3N6O3. The smallest absolute Gasteiger partial charge is 0.262 e. The first kappa shape index (κ1) is 47.5. The number of amides is 3. The molecule has 0 saturated carbocycles. The minimum absolute atomic E-state index is 0.0870. The van der Waals surface area contributed by atoms with Crippen LogP contribution in [-0.4, -0.2) is 32.7 Å². The van der Waals surface area contributed by atoms with Gasteiger partial charge in [0.05, 0.1) is 34.1 Å². The number of carbonyl (C=O) groups is 3. The number of nitrogens with zero attached hydrogens (tertiary/aromatic N) is 6. The van der Waals surface area contributed by atoms with Crippen molar-refractivity contribution >= 4 is 99.6 Å². The van der Waals surface area contributed by atoms with Crippen LogP contribution in [0, 0.1) is 0 Å². The molecule has 0 bridgehead atoms. The fourth-order valence-electron chi connectivity index (χ4n) is 8.36. The van der Waals surface area contributed by atoms with E-state index in [1.54, 1.807) is 51.5 Å². The van der Waals surface area contributed by atoms with E-state index in [9.17, 15) is 0 Å². The van der Waals surface area contributed by atoms with E-state index in [4.69, 9.17) is 0 Å². The standard InChI is InChI=1S/C60H39Br3N6O3/c61-49-37-40(52-22-10-13-31-64-52)25-28-55(49)67(46-16-4-1-5-17-46)58(70)43-34-44(59(71)68(47-18-6-2-7-19-47)56-29-26-41(38-50(56)62)53-23-11-14-32-65-53)36-45(35-43)60(72)69(48-20-8-3-9-21-48)57-30-27-42(39-51(57)63)54-24-12-15-33-66-54/h1-39H. The summed E-state index contributed by atoms with van der Waals surface area (Å²) >= 11 is 11.4. The first-order chi connectivity index (χ1) is 35.2. The maximum atomic E-state index is 15.7. The number of pyridine rings is 3. The molecule has 0 unspecified atom stereocenters. The third-order valence-electron chi connectivity index (χ3n) is 11.8. The number of rotatable bonds is 12. The van der Waals surface area contributed by atoms with Crippen LogP contribution in [0.4, 0.5) is 34.1 Å². The SMILES string of the molecule is O=C(c1cc(C(=O)N(c2ccccc2)c2ccc(-c3ccccn3)cc2Br)cc(C(=O)N(c2ccccc2)c2ccc(-c3ccccn3)cc2Br)c1)N(c1ccccc1)c1ccc(-c2ccccn2)cc1Br. The van der Waals surface area contributed by atoms with Gasteiger partial charge in [-0.1, -0.05) is 91.0 Å². The highest BCUT2D eigenvalue weighted by Crippen LogP contribution is 2.41. The predicted molar refractivity (Wildman–Crippen MR) is 297 cm³/mol.